The van der Waals surface area contributed by atoms with E-state index in [1.54, 1.807) is 18.2 Å². The van der Waals surface area contributed by atoms with Crippen molar-refractivity contribution in [2.75, 3.05) is 7.11 Å². The minimum Gasteiger partial charge on any atom is -0.493 e. The number of hydrogen-bond donors (Lipinski definition) is 0. The molecule has 0 N–H and O–H groups in total. The van der Waals surface area contributed by atoms with Crippen molar-refractivity contribution < 1.29 is 23.8 Å². The Morgan fingerprint density at radius 2 is 1.83 bits per heavy atom. The number of aliphatic imine (C=N–C) groups is 1. The summed E-state index contributed by atoms with van der Waals surface area (Å²) in [7, 11) is 1.48. The quantitative estimate of drug-likeness (QED) is 0.250. The smallest absolute Gasteiger partial charge is 0.363 e. The second-order valence-corrected chi connectivity index (χ2v) is 8.95. The van der Waals surface area contributed by atoms with Gasteiger partial charge in [0.2, 0.25) is 5.90 Å². The third kappa shape index (κ3) is 4.89. The Labute approximate surface area is 189 Å². The van der Waals surface area contributed by atoms with Gasteiger partial charge in [-0.15, -0.1) is 0 Å². The summed E-state index contributed by atoms with van der Waals surface area (Å²) in [5.74, 6) is 0.0263. The summed E-state index contributed by atoms with van der Waals surface area (Å²) in [5, 5.41) is 0. The van der Waals surface area contributed by atoms with Crippen molar-refractivity contribution in [2.45, 2.75) is 33.1 Å². The van der Waals surface area contributed by atoms with E-state index < -0.39 is 11.9 Å². The van der Waals surface area contributed by atoms with E-state index in [9.17, 15) is 9.59 Å². The van der Waals surface area contributed by atoms with Gasteiger partial charge in [0, 0.05) is 12.5 Å². The number of nitrogens with zero attached hydrogens (tertiary/aromatic N) is 1. The highest BCUT2D eigenvalue weighted by atomic mass is 127. The van der Waals surface area contributed by atoms with Gasteiger partial charge in [-0.25, -0.2) is 9.79 Å². The molecule has 2 aromatic carbocycles. The van der Waals surface area contributed by atoms with Crippen LogP contribution >= 0.6 is 22.6 Å². The molecule has 1 heterocycles. The van der Waals surface area contributed by atoms with Gasteiger partial charge >= 0.3 is 11.9 Å². The number of hydrogen-bond acceptors (Lipinski definition) is 6. The lowest BCUT2D eigenvalue weighted by Crippen LogP contribution is -2.11. The van der Waals surface area contributed by atoms with Crippen LogP contribution in [-0.4, -0.2) is 24.9 Å². The van der Waals surface area contributed by atoms with Crippen LogP contribution < -0.4 is 9.47 Å². The maximum absolute atomic E-state index is 12.3. The molecule has 0 aromatic heterocycles. The molecule has 0 radical (unpaired) electrons. The Morgan fingerprint density at radius 1 is 1.17 bits per heavy atom. The number of cyclic esters (lactones) is 1. The first kappa shape index (κ1) is 22.0. The Bertz CT molecular complexity index is 1060. The van der Waals surface area contributed by atoms with E-state index >= 15 is 0 Å². The topological polar surface area (TPSA) is 74.2 Å². The highest BCUT2D eigenvalue weighted by Crippen LogP contribution is 2.35. The molecule has 1 aliphatic heterocycles. The summed E-state index contributed by atoms with van der Waals surface area (Å²) in [5.41, 5.74) is 2.81. The van der Waals surface area contributed by atoms with Crippen molar-refractivity contribution in [1.82, 2.24) is 0 Å². The first-order valence-electron chi connectivity index (χ1n) is 9.28. The van der Waals surface area contributed by atoms with Gasteiger partial charge in [-0.2, -0.15) is 0 Å². The molecule has 0 saturated heterocycles. The summed E-state index contributed by atoms with van der Waals surface area (Å²) in [6, 6.07) is 11.3. The van der Waals surface area contributed by atoms with Crippen LogP contribution in [0.3, 0.4) is 0 Å². The lowest BCUT2D eigenvalue weighted by atomic mass is 9.87. The van der Waals surface area contributed by atoms with Crippen molar-refractivity contribution in [1.29, 1.82) is 0 Å². The average Bonchev–Trinajstić information content (AvgIpc) is 3.03. The van der Waals surface area contributed by atoms with Gasteiger partial charge in [0.15, 0.2) is 17.2 Å². The van der Waals surface area contributed by atoms with Crippen molar-refractivity contribution in [3.05, 3.63) is 62.4 Å². The Hall–Kier alpha value is -2.68. The average molecular weight is 519 g/mol. The molecule has 0 amide bonds. The van der Waals surface area contributed by atoms with E-state index in [0.29, 0.717) is 20.6 Å². The van der Waals surface area contributed by atoms with E-state index in [0.717, 1.165) is 5.56 Å². The second-order valence-electron chi connectivity index (χ2n) is 7.79. The van der Waals surface area contributed by atoms with Crippen LogP contribution in [0.15, 0.2) is 47.1 Å². The molecule has 3 rings (SSSR count). The molecular weight excluding hydrogens is 497 g/mol. The van der Waals surface area contributed by atoms with Crippen LogP contribution in [0.2, 0.25) is 0 Å². The van der Waals surface area contributed by atoms with Gasteiger partial charge in [0.1, 0.15) is 0 Å². The largest absolute Gasteiger partial charge is 0.493 e. The van der Waals surface area contributed by atoms with Crippen LogP contribution in [0.5, 0.6) is 11.5 Å². The number of halogens is 1. The fourth-order valence-electron chi connectivity index (χ4n) is 2.87. The lowest BCUT2D eigenvalue weighted by Gasteiger charge is -2.18. The molecule has 156 valence electrons. The highest BCUT2D eigenvalue weighted by Gasteiger charge is 2.25. The molecular formula is C23H22INO5. The molecule has 7 heteroatoms. The fourth-order valence-corrected chi connectivity index (χ4v) is 3.60. The van der Waals surface area contributed by atoms with Crippen LogP contribution in [0, 0.1) is 3.57 Å². The van der Waals surface area contributed by atoms with Gasteiger partial charge in [-0.1, -0.05) is 32.9 Å². The van der Waals surface area contributed by atoms with Crippen molar-refractivity contribution in [3.63, 3.8) is 0 Å². The Morgan fingerprint density at radius 3 is 2.40 bits per heavy atom. The monoisotopic (exact) mass is 519 g/mol. The van der Waals surface area contributed by atoms with Crippen LogP contribution in [-0.2, 0) is 19.7 Å². The zero-order valence-electron chi connectivity index (χ0n) is 17.4. The van der Waals surface area contributed by atoms with E-state index in [4.69, 9.17) is 14.2 Å². The Kier molecular flexibility index (Phi) is 6.30. The zero-order valence-corrected chi connectivity index (χ0v) is 19.6. The number of benzene rings is 2. The van der Waals surface area contributed by atoms with E-state index in [1.807, 2.05) is 46.9 Å². The van der Waals surface area contributed by atoms with Crippen molar-refractivity contribution in [2.24, 2.45) is 4.99 Å². The first-order valence-corrected chi connectivity index (χ1v) is 10.4. The van der Waals surface area contributed by atoms with Gasteiger partial charge < -0.3 is 14.2 Å². The van der Waals surface area contributed by atoms with Gasteiger partial charge in [0.25, 0.3) is 0 Å². The van der Waals surface area contributed by atoms with Gasteiger partial charge in [0.05, 0.1) is 10.7 Å². The minimum atomic E-state index is -0.525. The standard InChI is InChI=1S/C23H22INO5/c1-13(26)29-20-17(24)10-14(12-19(20)28-5)11-18-22(27)30-21(25-18)15-6-8-16(9-7-15)23(2,3)4/h6-12H,1-5H3. The van der Waals surface area contributed by atoms with Crippen LogP contribution in [0.4, 0.5) is 0 Å². The molecule has 0 fully saturated rings. The molecule has 0 unspecified atom stereocenters. The number of ether oxygens (including phenoxy) is 3. The number of esters is 2. The van der Waals surface area contributed by atoms with Crippen LogP contribution in [0.25, 0.3) is 6.08 Å². The summed E-state index contributed by atoms with van der Waals surface area (Å²) in [6.45, 7) is 7.74. The molecule has 1 aliphatic rings. The predicted octanol–water partition coefficient (Wildman–Crippen LogP) is 4.87. The molecule has 0 bridgehead atoms. The summed E-state index contributed by atoms with van der Waals surface area (Å²) in [6.07, 6.45) is 1.61. The maximum atomic E-state index is 12.3. The molecule has 0 saturated carbocycles. The highest BCUT2D eigenvalue weighted by molar-refractivity contribution is 14.1. The van der Waals surface area contributed by atoms with Crippen molar-refractivity contribution in [3.8, 4) is 11.5 Å². The SMILES string of the molecule is COc1cc(C=C2N=C(c3ccc(C(C)(C)C)cc3)OC2=O)cc(I)c1OC(C)=O. The first-order chi connectivity index (χ1) is 14.1. The third-order valence-corrected chi connectivity index (χ3v) is 5.22. The molecule has 0 atom stereocenters. The van der Waals surface area contributed by atoms with E-state index in [2.05, 4.69) is 25.8 Å². The van der Waals surface area contributed by atoms with Gasteiger partial charge in [-0.05, 0) is 69.5 Å². The Balaban J connectivity index is 1.92. The summed E-state index contributed by atoms with van der Waals surface area (Å²) >= 11 is 2.04. The lowest BCUT2D eigenvalue weighted by molar-refractivity contribution is -0.132. The fraction of sp³-hybridized carbons (Fsp3) is 0.261. The minimum absolute atomic E-state index is 0.0339. The number of rotatable bonds is 4. The van der Waals surface area contributed by atoms with Gasteiger partial charge in [-0.3, -0.25) is 4.79 Å². The third-order valence-electron chi connectivity index (χ3n) is 4.42. The molecule has 0 spiro atoms. The molecule has 2 aromatic rings. The normalized spacial score (nSPS) is 15.1. The number of methoxy groups -OCH3 is 1. The number of carbonyl (C=O) groups is 2. The van der Waals surface area contributed by atoms with Crippen molar-refractivity contribution >= 4 is 46.5 Å². The molecule has 0 aliphatic carbocycles. The molecule has 6 nitrogen and oxygen atoms in total. The maximum Gasteiger partial charge on any atom is 0.363 e. The second kappa shape index (κ2) is 8.59. The van der Waals surface area contributed by atoms with E-state index in [-0.39, 0.29) is 17.0 Å². The summed E-state index contributed by atoms with van der Waals surface area (Å²) in [4.78, 5) is 28.0. The number of carbonyl (C=O) groups excluding carboxylic acids is 2. The zero-order chi connectivity index (χ0) is 22.1. The van der Waals surface area contributed by atoms with E-state index in [1.165, 1.54) is 19.6 Å². The predicted molar refractivity (Wildman–Crippen MR) is 123 cm³/mol. The summed E-state index contributed by atoms with van der Waals surface area (Å²) < 4.78 is 16.6. The van der Waals surface area contributed by atoms with Crippen LogP contribution in [0.1, 0.15) is 44.4 Å². The molecule has 30 heavy (non-hydrogen) atoms.